The van der Waals surface area contributed by atoms with Gasteiger partial charge in [0.25, 0.3) is 0 Å². The number of carbonyl (C=O) groups is 1. The lowest BCUT2D eigenvalue weighted by Gasteiger charge is -2.18. The van der Waals surface area contributed by atoms with Crippen LogP contribution in [0.25, 0.3) is 0 Å². The van der Waals surface area contributed by atoms with Crippen molar-refractivity contribution in [2.75, 3.05) is 20.2 Å². The molecule has 106 valence electrons. The number of carbonyl (C=O) groups excluding carboxylic acids is 1. The molecule has 0 aliphatic heterocycles. The zero-order chi connectivity index (χ0) is 14.3. The summed E-state index contributed by atoms with van der Waals surface area (Å²) >= 11 is 0. The number of rotatable bonds is 7. The first kappa shape index (κ1) is 15.7. The van der Waals surface area contributed by atoms with Gasteiger partial charge in [0.1, 0.15) is 0 Å². The SMILES string of the molecule is COC(=O)C(CNCCc1cccc(C)c1)C(C)C. The highest BCUT2D eigenvalue weighted by molar-refractivity contribution is 5.72. The van der Waals surface area contributed by atoms with Crippen molar-refractivity contribution in [3.8, 4) is 0 Å². The second-order valence-electron chi connectivity index (χ2n) is 5.32. The molecule has 0 radical (unpaired) electrons. The van der Waals surface area contributed by atoms with Gasteiger partial charge in [0, 0.05) is 6.54 Å². The summed E-state index contributed by atoms with van der Waals surface area (Å²) in [5.41, 5.74) is 2.61. The fourth-order valence-corrected chi connectivity index (χ4v) is 2.10. The molecule has 0 heterocycles. The number of ether oxygens (including phenoxy) is 1. The number of hydrogen-bond donors (Lipinski definition) is 1. The molecule has 3 nitrogen and oxygen atoms in total. The average molecular weight is 263 g/mol. The molecule has 0 spiro atoms. The molecule has 0 bridgehead atoms. The Morgan fingerprint density at radius 1 is 1.37 bits per heavy atom. The Labute approximate surface area is 116 Å². The Morgan fingerprint density at radius 3 is 2.68 bits per heavy atom. The molecule has 0 saturated carbocycles. The van der Waals surface area contributed by atoms with Crippen molar-refractivity contribution in [3.05, 3.63) is 35.4 Å². The Hall–Kier alpha value is -1.35. The van der Waals surface area contributed by atoms with Gasteiger partial charge in [0.05, 0.1) is 13.0 Å². The third-order valence-electron chi connectivity index (χ3n) is 3.35. The minimum absolute atomic E-state index is 0.0671. The fraction of sp³-hybridized carbons (Fsp3) is 0.562. The van der Waals surface area contributed by atoms with Crippen LogP contribution in [0.15, 0.2) is 24.3 Å². The van der Waals surface area contributed by atoms with Crippen LogP contribution in [0.1, 0.15) is 25.0 Å². The molecule has 1 N–H and O–H groups in total. The number of aryl methyl sites for hydroxylation is 1. The molecule has 3 heteroatoms. The van der Waals surface area contributed by atoms with Crippen molar-refractivity contribution < 1.29 is 9.53 Å². The van der Waals surface area contributed by atoms with E-state index < -0.39 is 0 Å². The Kier molecular flexibility index (Phi) is 6.57. The van der Waals surface area contributed by atoms with Crippen LogP contribution in [-0.4, -0.2) is 26.2 Å². The molecule has 0 fully saturated rings. The predicted octanol–water partition coefficient (Wildman–Crippen LogP) is 2.57. The number of hydrogen-bond acceptors (Lipinski definition) is 3. The van der Waals surface area contributed by atoms with Crippen molar-refractivity contribution in [1.82, 2.24) is 5.32 Å². The van der Waals surface area contributed by atoms with Crippen molar-refractivity contribution in [1.29, 1.82) is 0 Å². The number of nitrogens with one attached hydrogen (secondary N) is 1. The molecule has 0 aromatic heterocycles. The summed E-state index contributed by atoms with van der Waals surface area (Å²) < 4.78 is 4.83. The first-order valence-corrected chi connectivity index (χ1v) is 6.88. The van der Waals surface area contributed by atoms with Gasteiger partial charge in [-0.1, -0.05) is 43.7 Å². The van der Waals surface area contributed by atoms with Crippen LogP contribution in [0.4, 0.5) is 0 Å². The first-order chi connectivity index (χ1) is 9.04. The second-order valence-corrected chi connectivity index (χ2v) is 5.32. The molecular formula is C16H25NO2. The molecule has 0 aliphatic carbocycles. The van der Waals surface area contributed by atoms with Crippen LogP contribution in [0.2, 0.25) is 0 Å². The van der Waals surface area contributed by atoms with E-state index in [2.05, 4.69) is 36.5 Å². The van der Waals surface area contributed by atoms with Gasteiger partial charge in [0.2, 0.25) is 0 Å². The highest BCUT2D eigenvalue weighted by Crippen LogP contribution is 2.11. The summed E-state index contributed by atoms with van der Waals surface area (Å²) in [7, 11) is 1.45. The summed E-state index contributed by atoms with van der Waals surface area (Å²) in [6, 6.07) is 8.51. The lowest BCUT2D eigenvalue weighted by Crippen LogP contribution is -2.33. The van der Waals surface area contributed by atoms with Gasteiger partial charge in [-0.25, -0.2) is 0 Å². The third-order valence-corrected chi connectivity index (χ3v) is 3.35. The number of benzene rings is 1. The van der Waals surface area contributed by atoms with Crippen molar-refractivity contribution in [3.63, 3.8) is 0 Å². The smallest absolute Gasteiger partial charge is 0.310 e. The Morgan fingerprint density at radius 2 is 2.11 bits per heavy atom. The van der Waals surface area contributed by atoms with Gasteiger partial charge in [-0.3, -0.25) is 4.79 Å². The van der Waals surface area contributed by atoms with E-state index in [9.17, 15) is 4.79 Å². The molecule has 1 aromatic rings. The summed E-state index contributed by atoms with van der Waals surface area (Å²) in [6.07, 6.45) is 0.980. The van der Waals surface area contributed by atoms with Gasteiger partial charge < -0.3 is 10.1 Å². The summed E-state index contributed by atoms with van der Waals surface area (Å²) in [5.74, 6) is 0.0967. The maximum atomic E-state index is 11.6. The summed E-state index contributed by atoms with van der Waals surface area (Å²) in [4.78, 5) is 11.6. The van der Waals surface area contributed by atoms with Crippen LogP contribution >= 0.6 is 0 Å². The standard InChI is InChI=1S/C16H25NO2/c1-12(2)15(16(18)19-4)11-17-9-8-14-7-5-6-13(3)10-14/h5-7,10,12,15,17H,8-9,11H2,1-4H3. The van der Waals surface area contributed by atoms with Crippen LogP contribution in [0.5, 0.6) is 0 Å². The third kappa shape index (κ3) is 5.43. The van der Waals surface area contributed by atoms with Gasteiger partial charge in [-0.05, 0) is 31.4 Å². The largest absolute Gasteiger partial charge is 0.469 e. The average Bonchev–Trinajstić information content (AvgIpc) is 2.37. The monoisotopic (exact) mass is 263 g/mol. The van der Waals surface area contributed by atoms with Crippen molar-refractivity contribution in [2.45, 2.75) is 27.2 Å². The van der Waals surface area contributed by atoms with E-state index in [1.54, 1.807) is 0 Å². The lowest BCUT2D eigenvalue weighted by molar-refractivity contribution is -0.146. The maximum absolute atomic E-state index is 11.6. The van der Waals surface area contributed by atoms with E-state index in [1.807, 2.05) is 13.8 Å². The van der Waals surface area contributed by atoms with E-state index in [0.29, 0.717) is 12.5 Å². The van der Waals surface area contributed by atoms with Crippen LogP contribution in [0, 0.1) is 18.8 Å². The molecule has 1 rings (SSSR count). The topological polar surface area (TPSA) is 38.3 Å². The van der Waals surface area contributed by atoms with Crippen molar-refractivity contribution >= 4 is 5.97 Å². The van der Waals surface area contributed by atoms with Gasteiger partial charge >= 0.3 is 5.97 Å². The number of esters is 1. The van der Waals surface area contributed by atoms with E-state index in [1.165, 1.54) is 18.2 Å². The normalized spacial score (nSPS) is 12.5. The molecule has 0 saturated heterocycles. The van der Waals surface area contributed by atoms with Gasteiger partial charge in [-0.2, -0.15) is 0 Å². The quantitative estimate of drug-likeness (QED) is 0.607. The van der Waals surface area contributed by atoms with Gasteiger partial charge in [-0.15, -0.1) is 0 Å². The molecule has 1 aromatic carbocycles. The minimum atomic E-state index is -0.127. The first-order valence-electron chi connectivity index (χ1n) is 6.88. The zero-order valence-electron chi connectivity index (χ0n) is 12.4. The maximum Gasteiger partial charge on any atom is 0.310 e. The fourth-order valence-electron chi connectivity index (χ4n) is 2.10. The molecular weight excluding hydrogens is 238 g/mol. The molecule has 0 amide bonds. The summed E-state index contributed by atoms with van der Waals surface area (Å²) in [6.45, 7) is 7.75. The zero-order valence-corrected chi connectivity index (χ0v) is 12.4. The highest BCUT2D eigenvalue weighted by Gasteiger charge is 2.22. The summed E-state index contributed by atoms with van der Waals surface area (Å²) in [5, 5.41) is 3.35. The minimum Gasteiger partial charge on any atom is -0.469 e. The van der Waals surface area contributed by atoms with Gasteiger partial charge in [0.15, 0.2) is 0 Å². The van der Waals surface area contributed by atoms with Crippen LogP contribution < -0.4 is 5.32 Å². The second kappa shape index (κ2) is 7.95. The molecule has 1 atom stereocenters. The van der Waals surface area contributed by atoms with Crippen LogP contribution in [0.3, 0.4) is 0 Å². The lowest BCUT2D eigenvalue weighted by atomic mass is 9.96. The molecule has 19 heavy (non-hydrogen) atoms. The van der Waals surface area contributed by atoms with E-state index in [0.717, 1.165) is 13.0 Å². The van der Waals surface area contributed by atoms with E-state index in [4.69, 9.17) is 4.74 Å². The predicted molar refractivity (Wildman–Crippen MR) is 78.1 cm³/mol. The Balaban J connectivity index is 2.35. The number of methoxy groups -OCH3 is 1. The molecule has 1 unspecified atom stereocenters. The van der Waals surface area contributed by atoms with Crippen LogP contribution in [-0.2, 0) is 16.0 Å². The van der Waals surface area contributed by atoms with E-state index >= 15 is 0 Å². The van der Waals surface area contributed by atoms with Crippen molar-refractivity contribution in [2.24, 2.45) is 11.8 Å². The Bertz CT molecular complexity index is 401. The molecule has 0 aliphatic rings. The van der Waals surface area contributed by atoms with E-state index in [-0.39, 0.29) is 11.9 Å². The highest BCUT2D eigenvalue weighted by atomic mass is 16.5.